The van der Waals surface area contributed by atoms with Crippen LogP contribution >= 0.6 is 0 Å². The van der Waals surface area contributed by atoms with Crippen molar-refractivity contribution in [2.24, 2.45) is 10.8 Å². The number of nitrogens with two attached hydrogens (primary N) is 1. The number of carbonyl (C=O) groups excluding carboxylic acids is 2. The fourth-order valence-corrected chi connectivity index (χ4v) is 1.73. The molecule has 0 aliphatic carbocycles. The van der Waals surface area contributed by atoms with Gasteiger partial charge < -0.3 is 10.8 Å². The zero-order valence-corrected chi connectivity index (χ0v) is 11.8. The molecule has 2 aromatic rings. The molecule has 0 aliphatic rings. The van der Waals surface area contributed by atoms with E-state index in [4.69, 9.17) is 5.73 Å². The van der Waals surface area contributed by atoms with Gasteiger partial charge in [-0.05, 0) is 42.8 Å². The Bertz CT molecular complexity index is 742. The molecule has 0 saturated heterocycles. The Kier molecular flexibility index (Phi) is 4.47. The predicted octanol–water partition coefficient (Wildman–Crippen LogP) is 1.04. The van der Waals surface area contributed by atoms with Gasteiger partial charge in [-0.25, -0.2) is 5.43 Å². The van der Waals surface area contributed by atoms with Gasteiger partial charge in [-0.2, -0.15) is 5.10 Å². The van der Waals surface area contributed by atoms with Gasteiger partial charge in [0.05, 0.1) is 11.3 Å². The molecule has 0 radical (unpaired) electrons. The third-order valence-corrected chi connectivity index (χ3v) is 2.95. The largest absolute Gasteiger partial charge is 0.507 e. The lowest BCUT2D eigenvalue weighted by Gasteiger charge is -2.06. The van der Waals surface area contributed by atoms with Gasteiger partial charge in [0.2, 0.25) is 0 Å². The van der Waals surface area contributed by atoms with E-state index in [9.17, 15) is 14.7 Å². The van der Waals surface area contributed by atoms with Crippen molar-refractivity contribution in [2.75, 3.05) is 0 Å². The quantitative estimate of drug-likeness (QED) is 0.577. The number of phenols is 1. The molecule has 1 heterocycles. The Morgan fingerprint density at radius 3 is 2.50 bits per heavy atom. The van der Waals surface area contributed by atoms with Crippen molar-refractivity contribution in [3.8, 4) is 5.75 Å². The molecule has 0 saturated carbocycles. The Labute approximate surface area is 126 Å². The molecule has 1 aromatic carbocycles. The number of nitrogens with one attached hydrogen (secondary N) is 1. The molecule has 7 heteroatoms. The highest BCUT2D eigenvalue weighted by Crippen LogP contribution is 2.18. The van der Waals surface area contributed by atoms with Crippen LogP contribution in [0.3, 0.4) is 0 Å². The molecule has 22 heavy (non-hydrogen) atoms. The molecule has 7 nitrogen and oxygen atoms in total. The highest BCUT2D eigenvalue weighted by molar-refractivity contribution is 6.04. The normalized spacial score (nSPS) is 11.0. The van der Waals surface area contributed by atoms with Crippen LogP contribution in [-0.4, -0.2) is 27.6 Å². The van der Waals surface area contributed by atoms with Crippen molar-refractivity contribution in [3.05, 3.63) is 59.4 Å². The van der Waals surface area contributed by atoms with E-state index in [1.807, 2.05) is 0 Å². The second-order valence-corrected chi connectivity index (χ2v) is 4.47. The highest BCUT2D eigenvalue weighted by Gasteiger charge is 2.10. The molecule has 112 valence electrons. The van der Waals surface area contributed by atoms with E-state index in [0.717, 1.165) is 0 Å². The minimum Gasteiger partial charge on any atom is -0.507 e. The standard InChI is InChI=1S/C15H14N4O3/c1-9(11-2-3-13(20)12(8-11)14(16)21)18-19-15(22)10-4-6-17-7-5-10/h2-8,20H,1H3,(H2,16,21)(H,19,22). The van der Waals surface area contributed by atoms with Crippen molar-refractivity contribution in [1.29, 1.82) is 0 Å². The van der Waals surface area contributed by atoms with Gasteiger partial charge in [0.25, 0.3) is 11.8 Å². The van der Waals surface area contributed by atoms with Gasteiger partial charge >= 0.3 is 0 Å². The number of rotatable bonds is 4. The number of aromatic nitrogens is 1. The summed E-state index contributed by atoms with van der Waals surface area (Å²) < 4.78 is 0. The van der Waals surface area contributed by atoms with Gasteiger partial charge in [0, 0.05) is 18.0 Å². The molecule has 0 aliphatic heterocycles. The molecule has 0 spiro atoms. The maximum atomic E-state index is 11.8. The van der Waals surface area contributed by atoms with Crippen molar-refractivity contribution in [1.82, 2.24) is 10.4 Å². The Balaban J connectivity index is 2.18. The average Bonchev–Trinajstić information content (AvgIpc) is 2.53. The number of pyridine rings is 1. The number of primary amides is 1. The first kappa shape index (κ1) is 15.2. The molecular weight excluding hydrogens is 284 g/mol. The topological polar surface area (TPSA) is 118 Å². The van der Waals surface area contributed by atoms with E-state index in [1.54, 1.807) is 25.1 Å². The SMILES string of the molecule is CC(=NNC(=O)c1ccncc1)c1ccc(O)c(C(N)=O)c1. The van der Waals surface area contributed by atoms with Crippen LogP contribution in [0, 0.1) is 0 Å². The number of hydrogen-bond donors (Lipinski definition) is 3. The number of hydrogen-bond acceptors (Lipinski definition) is 5. The van der Waals surface area contributed by atoms with Crippen LogP contribution in [0.25, 0.3) is 0 Å². The first-order chi connectivity index (χ1) is 10.5. The van der Waals surface area contributed by atoms with Crippen LogP contribution in [0.2, 0.25) is 0 Å². The summed E-state index contributed by atoms with van der Waals surface area (Å²) in [5, 5.41) is 13.5. The Hall–Kier alpha value is -3.22. The third kappa shape index (κ3) is 3.45. The molecule has 0 unspecified atom stereocenters. The molecule has 0 bridgehead atoms. The maximum absolute atomic E-state index is 11.8. The second kappa shape index (κ2) is 6.49. The molecule has 2 rings (SSSR count). The van der Waals surface area contributed by atoms with E-state index < -0.39 is 5.91 Å². The number of carbonyl (C=O) groups is 2. The van der Waals surface area contributed by atoms with Gasteiger partial charge in [-0.1, -0.05) is 0 Å². The van der Waals surface area contributed by atoms with E-state index in [2.05, 4.69) is 15.5 Å². The summed E-state index contributed by atoms with van der Waals surface area (Å²) in [6.07, 6.45) is 3.01. The lowest BCUT2D eigenvalue weighted by Crippen LogP contribution is -2.19. The van der Waals surface area contributed by atoms with Gasteiger partial charge in [0.15, 0.2) is 0 Å². The van der Waals surface area contributed by atoms with Crippen molar-refractivity contribution < 1.29 is 14.7 Å². The Morgan fingerprint density at radius 2 is 1.86 bits per heavy atom. The fourth-order valence-electron chi connectivity index (χ4n) is 1.73. The van der Waals surface area contributed by atoms with Crippen LogP contribution in [0.5, 0.6) is 5.75 Å². The summed E-state index contributed by atoms with van der Waals surface area (Å²) in [4.78, 5) is 26.9. The summed E-state index contributed by atoms with van der Waals surface area (Å²) >= 11 is 0. The first-order valence-corrected chi connectivity index (χ1v) is 6.37. The van der Waals surface area contributed by atoms with E-state index in [1.165, 1.54) is 24.5 Å². The summed E-state index contributed by atoms with van der Waals surface area (Å²) in [7, 11) is 0. The maximum Gasteiger partial charge on any atom is 0.271 e. The fraction of sp³-hybridized carbons (Fsp3) is 0.0667. The van der Waals surface area contributed by atoms with Crippen molar-refractivity contribution in [2.45, 2.75) is 6.92 Å². The van der Waals surface area contributed by atoms with Gasteiger partial charge in [-0.3, -0.25) is 14.6 Å². The van der Waals surface area contributed by atoms with Crippen LogP contribution < -0.4 is 11.2 Å². The third-order valence-electron chi connectivity index (χ3n) is 2.95. The summed E-state index contributed by atoms with van der Waals surface area (Å²) in [6.45, 7) is 1.66. The monoisotopic (exact) mass is 298 g/mol. The molecule has 0 fully saturated rings. The highest BCUT2D eigenvalue weighted by atomic mass is 16.3. The van der Waals surface area contributed by atoms with E-state index in [0.29, 0.717) is 16.8 Å². The summed E-state index contributed by atoms with van der Waals surface area (Å²) in [6, 6.07) is 7.45. The van der Waals surface area contributed by atoms with Crippen LogP contribution in [0.1, 0.15) is 33.2 Å². The number of hydrazone groups is 1. The first-order valence-electron chi connectivity index (χ1n) is 6.37. The summed E-state index contributed by atoms with van der Waals surface area (Å²) in [5.74, 6) is -1.33. The smallest absolute Gasteiger partial charge is 0.271 e. The van der Waals surface area contributed by atoms with Gasteiger partial charge in [0.1, 0.15) is 5.75 Å². The number of amides is 2. The number of aromatic hydroxyl groups is 1. The predicted molar refractivity (Wildman–Crippen MR) is 80.5 cm³/mol. The van der Waals surface area contributed by atoms with Crippen LogP contribution in [0.15, 0.2) is 47.8 Å². The van der Waals surface area contributed by atoms with Crippen LogP contribution in [-0.2, 0) is 0 Å². The molecule has 4 N–H and O–H groups in total. The lowest BCUT2D eigenvalue weighted by molar-refractivity contribution is 0.0953. The van der Waals surface area contributed by atoms with Gasteiger partial charge in [-0.15, -0.1) is 0 Å². The molecule has 1 aromatic heterocycles. The minimum atomic E-state index is -0.743. The van der Waals surface area contributed by atoms with Crippen LogP contribution in [0.4, 0.5) is 0 Å². The number of benzene rings is 1. The summed E-state index contributed by atoms with van der Waals surface area (Å²) in [5.41, 5.74) is 9.01. The zero-order chi connectivity index (χ0) is 16.1. The second-order valence-electron chi connectivity index (χ2n) is 4.47. The van der Waals surface area contributed by atoms with E-state index >= 15 is 0 Å². The molecular formula is C15H14N4O3. The Morgan fingerprint density at radius 1 is 1.18 bits per heavy atom. The minimum absolute atomic E-state index is 0.00693. The van der Waals surface area contributed by atoms with E-state index in [-0.39, 0.29) is 17.2 Å². The molecule has 0 atom stereocenters. The van der Waals surface area contributed by atoms with Crippen molar-refractivity contribution in [3.63, 3.8) is 0 Å². The zero-order valence-electron chi connectivity index (χ0n) is 11.8. The lowest BCUT2D eigenvalue weighted by atomic mass is 10.1. The molecule has 2 amide bonds. The number of nitrogens with zero attached hydrogens (tertiary/aromatic N) is 2. The van der Waals surface area contributed by atoms with Crippen molar-refractivity contribution >= 4 is 17.5 Å². The average molecular weight is 298 g/mol.